The van der Waals surface area contributed by atoms with E-state index in [1.165, 1.54) is 11.3 Å². The van der Waals surface area contributed by atoms with Crippen LogP contribution in [-0.2, 0) is 6.42 Å². The third-order valence-corrected chi connectivity index (χ3v) is 4.85. The molecule has 114 valence electrons. The van der Waals surface area contributed by atoms with Crippen molar-refractivity contribution < 1.29 is 5.11 Å². The van der Waals surface area contributed by atoms with Crippen LogP contribution in [0.1, 0.15) is 17.5 Å². The second-order valence-corrected chi connectivity index (χ2v) is 7.45. The van der Waals surface area contributed by atoms with Gasteiger partial charge in [0, 0.05) is 23.7 Å². The smallest absolute Gasteiger partial charge is 0.205 e. The van der Waals surface area contributed by atoms with Crippen molar-refractivity contribution in [2.45, 2.75) is 18.9 Å². The lowest BCUT2D eigenvalue weighted by Gasteiger charge is -2.21. The molecule has 2 N–H and O–H groups in total. The third kappa shape index (κ3) is 5.47. The molecule has 0 saturated heterocycles. The molecule has 1 aromatic carbocycles. The molecule has 0 bridgehead atoms. The summed E-state index contributed by atoms with van der Waals surface area (Å²) in [4.78, 5) is 0. The van der Waals surface area contributed by atoms with Crippen molar-refractivity contribution in [3.8, 4) is 0 Å². The van der Waals surface area contributed by atoms with Gasteiger partial charge in [-0.15, -0.1) is 10.2 Å². The SMILES string of the molecule is CSCC(C)(O)CNc1nnc(Cc2ccc(Cl)cc2)s1. The van der Waals surface area contributed by atoms with Crippen LogP contribution in [0.25, 0.3) is 0 Å². The van der Waals surface area contributed by atoms with Gasteiger partial charge in [0.15, 0.2) is 0 Å². The zero-order chi connectivity index (χ0) is 15.3. The maximum absolute atomic E-state index is 10.1. The number of nitrogens with zero attached hydrogens (tertiary/aromatic N) is 2. The summed E-state index contributed by atoms with van der Waals surface area (Å²) in [5, 5.41) is 23.9. The van der Waals surface area contributed by atoms with Crippen LogP contribution in [0.2, 0.25) is 5.02 Å². The van der Waals surface area contributed by atoms with E-state index in [0.29, 0.717) is 12.3 Å². The van der Waals surface area contributed by atoms with E-state index in [1.54, 1.807) is 11.8 Å². The van der Waals surface area contributed by atoms with Crippen LogP contribution in [0.5, 0.6) is 0 Å². The highest BCUT2D eigenvalue weighted by atomic mass is 35.5. The van der Waals surface area contributed by atoms with Gasteiger partial charge in [0.1, 0.15) is 5.01 Å². The molecule has 0 aliphatic heterocycles. The van der Waals surface area contributed by atoms with Crippen LogP contribution in [0.3, 0.4) is 0 Å². The minimum Gasteiger partial charge on any atom is -0.387 e. The number of hydrogen-bond acceptors (Lipinski definition) is 6. The van der Waals surface area contributed by atoms with E-state index in [0.717, 1.165) is 27.1 Å². The van der Waals surface area contributed by atoms with Crippen molar-refractivity contribution in [3.63, 3.8) is 0 Å². The average Bonchev–Trinajstić information content (AvgIpc) is 2.87. The highest BCUT2D eigenvalue weighted by molar-refractivity contribution is 7.98. The Bertz CT molecular complexity index is 572. The van der Waals surface area contributed by atoms with Gasteiger partial charge in [0.25, 0.3) is 0 Å². The van der Waals surface area contributed by atoms with Gasteiger partial charge in [-0.25, -0.2) is 0 Å². The molecule has 0 amide bonds. The number of rotatable bonds is 7. The molecule has 1 heterocycles. The van der Waals surface area contributed by atoms with E-state index in [9.17, 15) is 5.11 Å². The fraction of sp³-hybridized carbons (Fsp3) is 0.429. The molecule has 4 nitrogen and oxygen atoms in total. The monoisotopic (exact) mass is 343 g/mol. The molecule has 0 spiro atoms. The summed E-state index contributed by atoms with van der Waals surface area (Å²) >= 11 is 8.99. The number of benzene rings is 1. The van der Waals surface area contributed by atoms with Crippen LogP contribution in [-0.4, -0.2) is 39.5 Å². The largest absolute Gasteiger partial charge is 0.387 e. The first-order valence-corrected chi connectivity index (χ1v) is 9.09. The highest BCUT2D eigenvalue weighted by Crippen LogP contribution is 2.20. The summed E-state index contributed by atoms with van der Waals surface area (Å²) < 4.78 is 0. The maximum atomic E-state index is 10.1. The van der Waals surface area contributed by atoms with Gasteiger partial charge in [-0.05, 0) is 30.9 Å². The number of halogens is 1. The Morgan fingerprint density at radius 1 is 1.33 bits per heavy atom. The minimum atomic E-state index is -0.749. The summed E-state index contributed by atoms with van der Waals surface area (Å²) in [5.41, 5.74) is 0.401. The highest BCUT2D eigenvalue weighted by Gasteiger charge is 2.19. The Morgan fingerprint density at radius 2 is 2.05 bits per heavy atom. The van der Waals surface area contributed by atoms with Crippen LogP contribution in [0, 0.1) is 0 Å². The predicted molar refractivity (Wildman–Crippen MR) is 91.7 cm³/mol. The predicted octanol–water partition coefficient (Wildman–Crippen LogP) is 3.31. The molecule has 0 aliphatic rings. The fourth-order valence-corrected chi connectivity index (χ4v) is 3.42. The number of aliphatic hydroxyl groups is 1. The van der Waals surface area contributed by atoms with Gasteiger partial charge in [0.2, 0.25) is 5.13 Å². The second kappa shape index (κ2) is 7.45. The topological polar surface area (TPSA) is 58.0 Å². The van der Waals surface area contributed by atoms with Crippen LogP contribution < -0.4 is 5.32 Å². The number of hydrogen-bond donors (Lipinski definition) is 2. The van der Waals surface area contributed by atoms with Gasteiger partial charge in [0.05, 0.1) is 5.60 Å². The molecule has 2 aromatic rings. The Kier molecular flexibility index (Phi) is 5.87. The van der Waals surface area contributed by atoms with Gasteiger partial charge in [-0.3, -0.25) is 0 Å². The van der Waals surface area contributed by atoms with Gasteiger partial charge >= 0.3 is 0 Å². The number of thioether (sulfide) groups is 1. The van der Waals surface area contributed by atoms with Crippen molar-refractivity contribution in [3.05, 3.63) is 39.9 Å². The van der Waals surface area contributed by atoms with Crippen molar-refractivity contribution in [2.24, 2.45) is 0 Å². The Morgan fingerprint density at radius 3 is 2.71 bits per heavy atom. The Hall–Kier alpha value is -0.820. The number of aromatic nitrogens is 2. The molecule has 0 saturated carbocycles. The molecule has 21 heavy (non-hydrogen) atoms. The van der Waals surface area contributed by atoms with E-state index < -0.39 is 5.60 Å². The Balaban J connectivity index is 1.91. The van der Waals surface area contributed by atoms with Crippen LogP contribution in [0.15, 0.2) is 24.3 Å². The van der Waals surface area contributed by atoms with Crippen molar-refractivity contribution in [2.75, 3.05) is 23.9 Å². The molecule has 0 fully saturated rings. The summed E-state index contributed by atoms with van der Waals surface area (Å²) in [6.07, 6.45) is 2.71. The lowest BCUT2D eigenvalue weighted by Crippen LogP contribution is -2.36. The molecule has 1 atom stereocenters. The average molecular weight is 344 g/mol. The number of anilines is 1. The molecular formula is C14H18ClN3OS2. The summed E-state index contributed by atoms with van der Waals surface area (Å²) in [5.74, 6) is 0.677. The molecule has 7 heteroatoms. The minimum absolute atomic E-state index is 0.462. The van der Waals surface area contributed by atoms with Crippen molar-refractivity contribution in [1.29, 1.82) is 0 Å². The molecule has 0 aliphatic carbocycles. The first kappa shape index (κ1) is 16.5. The second-order valence-electron chi connectivity index (χ2n) is 5.09. The lowest BCUT2D eigenvalue weighted by molar-refractivity contribution is 0.0997. The quantitative estimate of drug-likeness (QED) is 0.807. The summed E-state index contributed by atoms with van der Waals surface area (Å²) in [7, 11) is 0. The van der Waals surface area contributed by atoms with Crippen molar-refractivity contribution in [1.82, 2.24) is 10.2 Å². The molecule has 0 radical (unpaired) electrons. The third-order valence-electron chi connectivity index (χ3n) is 2.81. The molecule has 1 unspecified atom stereocenters. The van der Waals surface area contributed by atoms with Gasteiger partial charge < -0.3 is 10.4 Å². The Labute approximate surface area is 137 Å². The number of nitrogens with one attached hydrogen (secondary N) is 1. The standard InChI is InChI=1S/C14H18ClN3OS2/c1-14(19,9-20-2)8-16-13-18-17-12(21-13)7-10-3-5-11(15)6-4-10/h3-6,19H,7-9H2,1-2H3,(H,16,18). The van der Waals surface area contributed by atoms with E-state index in [-0.39, 0.29) is 0 Å². The molecule has 1 aromatic heterocycles. The van der Waals surface area contributed by atoms with Crippen molar-refractivity contribution >= 4 is 39.8 Å². The summed E-state index contributed by atoms with van der Waals surface area (Å²) in [6.45, 7) is 2.27. The maximum Gasteiger partial charge on any atom is 0.205 e. The van der Waals surface area contributed by atoms with Crippen LogP contribution >= 0.6 is 34.7 Å². The van der Waals surface area contributed by atoms with Gasteiger partial charge in [-0.1, -0.05) is 35.1 Å². The van der Waals surface area contributed by atoms with E-state index >= 15 is 0 Å². The fourth-order valence-electron chi connectivity index (χ4n) is 1.80. The lowest BCUT2D eigenvalue weighted by atomic mass is 10.1. The zero-order valence-corrected chi connectivity index (χ0v) is 14.4. The summed E-state index contributed by atoms with van der Waals surface area (Å²) in [6, 6.07) is 7.72. The molecule has 2 rings (SSSR count). The first-order chi connectivity index (χ1) is 9.98. The van der Waals surface area contributed by atoms with Crippen LogP contribution in [0.4, 0.5) is 5.13 Å². The normalized spacial score (nSPS) is 13.9. The zero-order valence-electron chi connectivity index (χ0n) is 12.0. The van der Waals surface area contributed by atoms with E-state index in [4.69, 9.17) is 11.6 Å². The van der Waals surface area contributed by atoms with E-state index in [2.05, 4.69) is 15.5 Å². The first-order valence-electron chi connectivity index (χ1n) is 6.50. The van der Waals surface area contributed by atoms with E-state index in [1.807, 2.05) is 37.4 Å². The molecular weight excluding hydrogens is 326 g/mol. The van der Waals surface area contributed by atoms with Gasteiger partial charge in [-0.2, -0.15) is 11.8 Å².